The van der Waals surface area contributed by atoms with Crippen molar-refractivity contribution in [1.82, 2.24) is 19.9 Å². The Bertz CT molecular complexity index is 1190. The summed E-state index contributed by atoms with van der Waals surface area (Å²) in [5, 5.41) is 3.05. The van der Waals surface area contributed by atoms with E-state index in [1.807, 2.05) is 80.0 Å². The first-order chi connectivity index (χ1) is 14.4. The molecule has 2 heterocycles. The maximum absolute atomic E-state index is 12.9. The Kier molecular flexibility index (Phi) is 5.23. The van der Waals surface area contributed by atoms with E-state index in [4.69, 9.17) is 0 Å². The van der Waals surface area contributed by atoms with E-state index in [1.165, 1.54) is 0 Å². The zero-order valence-corrected chi connectivity index (χ0v) is 17.6. The van der Waals surface area contributed by atoms with E-state index in [-0.39, 0.29) is 11.9 Å². The van der Waals surface area contributed by atoms with Gasteiger partial charge in [-0.15, -0.1) is 0 Å². The molecule has 2 aromatic heterocycles. The number of fused-ring (bicyclic) bond motifs is 1. The lowest BCUT2D eigenvalue weighted by Gasteiger charge is -2.15. The van der Waals surface area contributed by atoms with Crippen LogP contribution in [-0.2, 0) is 7.05 Å². The first-order valence-electron chi connectivity index (χ1n) is 9.89. The average molecular weight is 399 g/mol. The SMILES string of the molecule is C[C@@H](NC(=O)c1cncc(-c2ccc(N(C)C)cc2)c1)c1nc2ccccc2n1C. The molecular weight excluding hydrogens is 374 g/mol. The van der Waals surface area contributed by atoms with Gasteiger partial charge in [0.1, 0.15) is 5.82 Å². The van der Waals surface area contributed by atoms with Gasteiger partial charge in [-0.05, 0) is 42.8 Å². The van der Waals surface area contributed by atoms with Crippen LogP contribution in [0.25, 0.3) is 22.2 Å². The molecule has 0 saturated heterocycles. The van der Waals surface area contributed by atoms with Gasteiger partial charge in [0.05, 0.1) is 22.6 Å². The number of hydrogen-bond acceptors (Lipinski definition) is 4. The molecule has 0 unspecified atom stereocenters. The van der Waals surface area contributed by atoms with E-state index < -0.39 is 0 Å². The molecule has 152 valence electrons. The Morgan fingerprint density at radius 3 is 2.47 bits per heavy atom. The fourth-order valence-electron chi connectivity index (χ4n) is 3.57. The number of para-hydroxylation sites is 2. The molecular formula is C24H25N5O. The Hall–Kier alpha value is -3.67. The number of anilines is 1. The zero-order chi connectivity index (χ0) is 21.3. The first kappa shape index (κ1) is 19.6. The molecule has 30 heavy (non-hydrogen) atoms. The Morgan fingerprint density at radius 1 is 1.03 bits per heavy atom. The number of amides is 1. The number of benzene rings is 2. The highest BCUT2D eigenvalue weighted by atomic mass is 16.1. The first-order valence-corrected chi connectivity index (χ1v) is 9.89. The molecule has 1 atom stereocenters. The number of pyridine rings is 1. The highest BCUT2D eigenvalue weighted by Gasteiger charge is 2.18. The van der Waals surface area contributed by atoms with Crippen LogP contribution in [0.3, 0.4) is 0 Å². The van der Waals surface area contributed by atoms with Crippen molar-refractivity contribution < 1.29 is 4.79 Å². The summed E-state index contributed by atoms with van der Waals surface area (Å²) >= 11 is 0. The van der Waals surface area contributed by atoms with Crippen molar-refractivity contribution in [3.05, 3.63) is 78.4 Å². The van der Waals surface area contributed by atoms with Crippen LogP contribution in [0, 0.1) is 0 Å². The number of carbonyl (C=O) groups is 1. The number of aryl methyl sites for hydroxylation is 1. The summed E-state index contributed by atoms with van der Waals surface area (Å²) in [5.74, 6) is 0.641. The Morgan fingerprint density at radius 2 is 1.77 bits per heavy atom. The predicted molar refractivity (Wildman–Crippen MR) is 121 cm³/mol. The van der Waals surface area contributed by atoms with Crippen LogP contribution < -0.4 is 10.2 Å². The second kappa shape index (κ2) is 7.99. The fraction of sp³-hybridized carbons (Fsp3) is 0.208. The van der Waals surface area contributed by atoms with Crippen LogP contribution in [0.1, 0.15) is 29.1 Å². The van der Waals surface area contributed by atoms with Crippen LogP contribution in [0.2, 0.25) is 0 Å². The summed E-state index contributed by atoms with van der Waals surface area (Å²) in [6.45, 7) is 1.94. The van der Waals surface area contributed by atoms with E-state index in [0.717, 1.165) is 33.7 Å². The van der Waals surface area contributed by atoms with Crippen molar-refractivity contribution in [2.75, 3.05) is 19.0 Å². The number of imidazole rings is 1. The van der Waals surface area contributed by atoms with Crippen LogP contribution in [0.4, 0.5) is 5.69 Å². The van der Waals surface area contributed by atoms with E-state index in [1.54, 1.807) is 12.4 Å². The van der Waals surface area contributed by atoms with Crippen molar-refractivity contribution >= 4 is 22.6 Å². The van der Waals surface area contributed by atoms with Gasteiger partial charge < -0.3 is 14.8 Å². The molecule has 2 aromatic carbocycles. The van der Waals surface area contributed by atoms with E-state index in [2.05, 4.69) is 27.4 Å². The van der Waals surface area contributed by atoms with Crippen LogP contribution in [0.5, 0.6) is 0 Å². The van der Waals surface area contributed by atoms with Crippen LogP contribution >= 0.6 is 0 Å². The van der Waals surface area contributed by atoms with Gasteiger partial charge in [-0.25, -0.2) is 4.98 Å². The molecule has 4 rings (SSSR count). The molecule has 6 heteroatoms. The summed E-state index contributed by atoms with van der Waals surface area (Å²) in [4.78, 5) is 23.9. The van der Waals surface area contributed by atoms with Gasteiger partial charge in [0.15, 0.2) is 0 Å². The fourth-order valence-corrected chi connectivity index (χ4v) is 3.57. The topological polar surface area (TPSA) is 63.1 Å². The van der Waals surface area contributed by atoms with E-state index >= 15 is 0 Å². The molecule has 6 nitrogen and oxygen atoms in total. The maximum atomic E-state index is 12.9. The monoisotopic (exact) mass is 399 g/mol. The molecule has 0 aliphatic heterocycles. The van der Waals surface area contributed by atoms with E-state index in [9.17, 15) is 4.79 Å². The number of hydrogen-bond donors (Lipinski definition) is 1. The van der Waals surface area contributed by atoms with Gasteiger partial charge in [-0.3, -0.25) is 9.78 Å². The Balaban J connectivity index is 1.54. The molecule has 0 fully saturated rings. The predicted octanol–water partition coefficient (Wildman–Crippen LogP) is 4.19. The second-order valence-electron chi connectivity index (χ2n) is 7.62. The third-order valence-corrected chi connectivity index (χ3v) is 5.27. The Labute approximate surface area is 176 Å². The van der Waals surface area contributed by atoms with Crippen LogP contribution in [0.15, 0.2) is 67.0 Å². The summed E-state index contributed by atoms with van der Waals surface area (Å²) in [6.07, 6.45) is 3.37. The smallest absolute Gasteiger partial charge is 0.253 e. The molecule has 0 spiro atoms. The lowest BCUT2D eigenvalue weighted by Crippen LogP contribution is -2.28. The van der Waals surface area contributed by atoms with Gasteiger partial charge in [-0.2, -0.15) is 0 Å². The largest absolute Gasteiger partial charge is 0.378 e. The number of rotatable bonds is 5. The molecule has 0 aliphatic rings. The standard InChI is InChI=1S/C24H25N5O/c1-16(23-27-21-7-5-6-8-22(21)29(23)4)26-24(30)19-13-18(14-25-15-19)17-9-11-20(12-10-17)28(2)3/h5-16H,1-4H3,(H,26,30)/t16-/m1/s1. The molecule has 0 saturated carbocycles. The third kappa shape index (κ3) is 3.76. The molecule has 1 amide bonds. The summed E-state index contributed by atoms with van der Waals surface area (Å²) in [7, 11) is 5.98. The highest BCUT2D eigenvalue weighted by Crippen LogP contribution is 2.23. The van der Waals surface area contributed by atoms with Gasteiger partial charge in [0, 0.05) is 44.8 Å². The van der Waals surface area contributed by atoms with Gasteiger partial charge in [0.2, 0.25) is 0 Å². The van der Waals surface area contributed by atoms with Crippen molar-refractivity contribution in [2.24, 2.45) is 7.05 Å². The summed E-state index contributed by atoms with van der Waals surface area (Å²) < 4.78 is 2.02. The van der Waals surface area contributed by atoms with E-state index in [0.29, 0.717) is 5.56 Å². The number of carbonyl (C=O) groups excluding carboxylic acids is 1. The number of aromatic nitrogens is 3. The number of nitrogens with one attached hydrogen (secondary N) is 1. The minimum atomic E-state index is -0.238. The maximum Gasteiger partial charge on any atom is 0.253 e. The number of nitrogens with zero attached hydrogens (tertiary/aromatic N) is 4. The van der Waals surface area contributed by atoms with Gasteiger partial charge in [0.25, 0.3) is 5.91 Å². The molecule has 0 bridgehead atoms. The lowest BCUT2D eigenvalue weighted by atomic mass is 10.1. The second-order valence-corrected chi connectivity index (χ2v) is 7.62. The molecule has 1 N–H and O–H groups in total. The van der Waals surface area contributed by atoms with Crippen molar-refractivity contribution in [1.29, 1.82) is 0 Å². The van der Waals surface area contributed by atoms with Gasteiger partial charge >= 0.3 is 0 Å². The minimum absolute atomic E-state index is 0.172. The average Bonchev–Trinajstić information content (AvgIpc) is 3.11. The lowest BCUT2D eigenvalue weighted by molar-refractivity contribution is 0.0937. The van der Waals surface area contributed by atoms with Gasteiger partial charge in [-0.1, -0.05) is 24.3 Å². The minimum Gasteiger partial charge on any atom is -0.378 e. The third-order valence-electron chi connectivity index (χ3n) is 5.27. The normalized spacial score (nSPS) is 12.0. The summed E-state index contributed by atoms with van der Waals surface area (Å²) in [6, 6.07) is 17.8. The molecule has 0 aliphatic carbocycles. The summed E-state index contributed by atoms with van der Waals surface area (Å²) in [5.41, 5.74) is 5.53. The van der Waals surface area contributed by atoms with Crippen molar-refractivity contribution in [3.8, 4) is 11.1 Å². The van der Waals surface area contributed by atoms with Crippen molar-refractivity contribution in [3.63, 3.8) is 0 Å². The highest BCUT2D eigenvalue weighted by molar-refractivity contribution is 5.95. The molecule has 4 aromatic rings. The molecule has 0 radical (unpaired) electrons. The zero-order valence-electron chi connectivity index (χ0n) is 17.6. The van der Waals surface area contributed by atoms with Crippen molar-refractivity contribution in [2.45, 2.75) is 13.0 Å². The quantitative estimate of drug-likeness (QED) is 0.547. The van der Waals surface area contributed by atoms with Crippen LogP contribution in [-0.4, -0.2) is 34.5 Å².